The van der Waals surface area contributed by atoms with Crippen LogP contribution in [-0.2, 0) is 0 Å². The van der Waals surface area contributed by atoms with Gasteiger partial charge in [-0.15, -0.1) is 24.8 Å². The first-order valence-electron chi connectivity index (χ1n) is 4.95. The maximum Gasteiger partial charge on any atom is 0.121 e. The summed E-state index contributed by atoms with van der Waals surface area (Å²) in [4.78, 5) is 2.27. The maximum absolute atomic E-state index is 5.80. The summed E-state index contributed by atoms with van der Waals surface area (Å²) in [7, 11) is 2.11. The van der Waals surface area contributed by atoms with Gasteiger partial charge < -0.3 is 15.4 Å². The van der Waals surface area contributed by atoms with Crippen LogP contribution in [0.5, 0.6) is 5.75 Å². The Balaban J connectivity index is 0.00000112. The number of likely N-dealkylation sites (N-methyl/N-ethyl adjacent to an activating group) is 1. The van der Waals surface area contributed by atoms with Gasteiger partial charge in [0.2, 0.25) is 0 Å². The molecule has 5 heteroatoms. The monoisotopic (exact) mass is 264 g/mol. The summed E-state index contributed by atoms with van der Waals surface area (Å²) < 4.78 is 5.80. The molecule has 1 aliphatic rings. The molecule has 1 heterocycles. The molecule has 16 heavy (non-hydrogen) atoms. The van der Waals surface area contributed by atoms with Crippen LogP contribution in [0.2, 0.25) is 0 Å². The van der Waals surface area contributed by atoms with Gasteiger partial charge in [0.1, 0.15) is 11.9 Å². The molecule has 0 spiro atoms. The number of hydrogen-bond donors (Lipinski definition) is 1. The van der Waals surface area contributed by atoms with Crippen molar-refractivity contribution in [2.75, 3.05) is 25.9 Å². The summed E-state index contributed by atoms with van der Waals surface area (Å²) in [6.45, 7) is 2.13. The van der Waals surface area contributed by atoms with Crippen molar-refractivity contribution >= 4 is 30.5 Å². The van der Waals surface area contributed by atoms with Crippen molar-refractivity contribution in [2.24, 2.45) is 0 Å². The van der Waals surface area contributed by atoms with E-state index in [-0.39, 0.29) is 24.8 Å². The van der Waals surface area contributed by atoms with Gasteiger partial charge in [0, 0.05) is 24.8 Å². The molecule has 1 atom stereocenters. The van der Waals surface area contributed by atoms with Crippen LogP contribution in [0.3, 0.4) is 0 Å². The highest BCUT2D eigenvalue weighted by Crippen LogP contribution is 2.19. The van der Waals surface area contributed by atoms with Crippen molar-refractivity contribution in [3.05, 3.63) is 24.3 Å². The van der Waals surface area contributed by atoms with E-state index < -0.39 is 0 Å². The van der Waals surface area contributed by atoms with Crippen molar-refractivity contribution in [3.8, 4) is 5.75 Å². The Morgan fingerprint density at radius 1 is 1.38 bits per heavy atom. The number of rotatable bonds is 2. The molecule has 2 rings (SSSR count). The fraction of sp³-hybridized carbons (Fsp3) is 0.455. The Kier molecular flexibility index (Phi) is 6.56. The first kappa shape index (κ1) is 15.4. The Labute approximate surface area is 109 Å². The van der Waals surface area contributed by atoms with Crippen LogP contribution < -0.4 is 10.5 Å². The third kappa shape index (κ3) is 4.08. The van der Waals surface area contributed by atoms with E-state index in [1.54, 1.807) is 0 Å². The van der Waals surface area contributed by atoms with Gasteiger partial charge in [-0.2, -0.15) is 0 Å². The summed E-state index contributed by atoms with van der Waals surface area (Å²) in [5.74, 6) is 0.880. The van der Waals surface area contributed by atoms with Crippen LogP contribution in [0.4, 0.5) is 5.69 Å². The molecule has 2 N–H and O–H groups in total. The van der Waals surface area contributed by atoms with E-state index in [0.29, 0.717) is 6.10 Å². The third-order valence-electron chi connectivity index (χ3n) is 2.51. The average molecular weight is 265 g/mol. The fourth-order valence-corrected chi connectivity index (χ4v) is 1.77. The van der Waals surface area contributed by atoms with Gasteiger partial charge in [-0.05, 0) is 25.6 Å². The zero-order valence-electron chi connectivity index (χ0n) is 9.26. The lowest BCUT2D eigenvalue weighted by atomic mass is 10.3. The minimum absolute atomic E-state index is 0. The van der Waals surface area contributed by atoms with Gasteiger partial charge in [0.05, 0.1) is 0 Å². The number of hydrogen-bond acceptors (Lipinski definition) is 3. The number of halogens is 2. The highest BCUT2D eigenvalue weighted by Gasteiger charge is 2.20. The summed E-state index contributed by atoms with van der Waals surface area (Å²) in [6.07, 6.45) is 1.42. The van der Waals surface area contributed by atoms with E-state index in [2.05, 4.69) is 11.9 Å². The minimum Gasteiger partial charge on any atom is -0.489 e. The zero-order chi connectivity index (χ0) is 9.97. The van der Waals surface area contributed by atoms with Crippen molar-refractivity contribution < 1.29 is 4.74 Å². The Morgan fingerprint density at radius 2 is 2.12 bits per heavy atom. The van der Waals surface area contributed by atoms with Crippen molar-refractivity contribution in [3.63, 3.8) is 0 Å². The van der Waals surface area contributed by atoms with Crippen molar-refractivity contribution in [2.45, 2.75) is 12.5 Å². The maximum atomic E-state index is 5.80. The van der Waals surface area contributed by atoms with Crippen LogP contribution in [0.15, 0.2) is 24.3 Å². The zero-order valence-corrected chi connectivity index (χ0v) is 10.9. The summed E-state index contributed by atoms with van der Waals surface area (Å²) in [6, 6.07) is 7.62. The first-order chi connectivity index (χ1) is 6.74. The highest BCUT2D eigenvalue weighted by atomic mass is 35.5. The van der Waals surface area contributed by atoms with E-state index in [9.17, 15) is 0 Å². The van der Waals surface area contributed by atoms with Crippen LogP contribution in [0, 0.1) is 0 Å². The molecular weight excluding hydrogens is 247 g/mol. The van der Waals surface area contributed by atoms with E-state index in [1.165, 1.54) is 0 Å². The lowest BCUT2D eigenvalue weighted by Crippen LogP contribution is -2.21. The van der Waals surface area contributed by atoms with Crippen LogP contribution >= 0.6 is 24.8 Å². The molecule has 1 saturated heterocycles. The predicted molar refractivity (Wildman–Crippen MR) is 71.9 cm³/mol. The number of nitrogen functional groups attached to an aromatic ring is 1. The lowest BCUT2D eigenvalue weighted by molar-refractivity contribution is 0.208. The molecule has 1 unspecified atom stereocenters. The number of likely N-dealkylation sites (tertiary alicyclic amines) is 1. The molecule has 0 aliphatic carbocycles. The summed E-state index contributed by atoms with van der Waals surface area (Å²) >= 11 is 0. The SMILES string of the molecule is CN1CCC(Oc2cccc(N)c2)C1.Cl.Cl. The Bertz CT molecular complexity index is 323. The highest BCUT2D eigenvalue weighted by molar-refractivity contribution is 5.85. The van der Waals surface area contributed by atoms with Crippen LogP contribution in [0.1, 0.15) is 6.42 Å². The first-order valence-corrected chi connectivity index (χ1v) is 4.95. The summed E-state index contributed by atoms with van der Waals surface area (Å²) in [5.41, 5.74) is 6.43. The largest absolute Gasteiger partial charge is 0.489 e. The fourth-order valence-electron chi connectivity index (χ4n) is 1.77. The molecule has 0 saturated carbocycles. The molecule has 1 aromatic rings. The van der Waals surface area contributed by atoms with Gasteiger partial charge in [0.15, 0.2) is 0 Å². The van der Waals surface area contributed by atoms with Gasteiger partial charge in [-0.1, -0.05) is 6.07 Å². The van der Waals surface area contributed by atoms with Gasteiger partial charge in [-0.25, -0.2) is 0 Å². The summed E-state index contributed by atoms with van der Waals surface area (Å²) in [5, 5.41) is 0. The minimum atomic E-state index is 0. The van der Waals surface area contributed by atoms with Crippen LogP contribution in [-0.4, -0.2) is 31.1 Å². The van der Waals surface area contributed by atoms with Gasteiger partial charge in [0.25, 0.3) is 0 Å². The second-order valence-electron chi connectivity index (χ2n) is 3.86. The van der Waals surface area contributed by atoms with Gasteiger partial charge in [-0.3, -0.25) is 0 Å². The normalized spacial score (nSPS) is 19.7. The topological polar surface area (TPSA) is 38.5 Å². The van der Waals surface area contributed by atoms with E-state index in [1.807, 2.05) is 24.3 Å². The molecule has 0 amide bonds. The number of ether oxygens (including phenoxy) is 1. The van der Waals surface area contributed by atoms with Gasteiger partial charge >= 0.3 is 0 Å². The smallest absolute Gasteiger partial charge is 0.121 e. The molecule has 3 nitrogen and oxygen atoms in total. The van der Waals surface area contributed by atoms with Crippen molar-refractivity contribution in [1.82, 2.24) is 4.90 Å². The average Bonchev–Trinajstić information content (AvgIpc) is 2.51. The van der Waals surface area contributed by atoms with E-state index in [4.69, 9.17) is 10.5 Å². The predicted octanol–water partition coefficient (Wildman–Crippen LogP) is 2.20. The molecule has 1 aliphatic heterocycles. The third-order valence-corrected chi connectivity index (χ3v) is 2.51. The Hall–Kier alpha value is -0.640. The standard InChI is InChI=1S/C11H16N2O.2ClH/c1-13-6-5-11(8-13)14-10-4-2-3-9(12)7-10;;/h2-4,7,11H,5-6,8,12H2,1H3;2*1H. The number of benzene rings is 1. The second-order valence-corrected chi connectivity index (χ2v) is 3.86. The number of nitrogens with zero attached hydrogens (tertiary/aromatic N) is 1. The molecule has 1 fully saturated rings. The molecule has 0 bridgehead atoms. The molecule has 92 valence electrons. The Morgan fingerprint density at radius 3 is 2.69 bits per heavy atom. The van der Waals surface area contributed by atoms with Crippen molar-refractivity contribution in [1.29, 1.82) is 0 Å². The van der Waals surface area contributed by atoms with E-state index >= 15 is 0 Å². The molecule has 0 aromatic heterocycles. The second kappa shape index (κ2) is 6.84. The quantitative estimate of drug-likeness (QED) is 0.833. The number of anilines is 1. The van der Waals surface area contributed by atoms with Crippen LogP contribution in [0.25, 0.3) is 0 Å². The molecule has 0 radical (unpaired) electrons. The molecular formula is C11H18Cl2N2O. The van der Waals surface area contributed by atoms with E-state index in [0.717, 1.165) is 30.9 Å². The molecule has 1 aromatic carbocycles. The lowest BCUT2D eigenvalue weighted by Gasteiger charge is -2.13. The number of nitrogens with two attached hydrogens (primary N) is 1.